The van der Waals surface area contributed by atoms with E-state index in [0.717, 1.165) is 12.0 Å². The molecule has 0 atom stereocenters. The van der Waals surface area contributed by atoms with Crippen LogP contribution in [0.4, 0.5) is 0 Å². The molecule has 0 amide bonds. The standard InChI is InChI=1S/C19H28ClN3O3Si/c1-7-12-24-22-16(13-25-27(5,6)19(2,3)4)18-21-17(23-26-18)14-8-10-15(20)11-9-14/h8-11,13,22H,7,12H2,1-6H3. The van der Waals surface area contributed by atoms with Gasteiger partial charge in [-0.25, -0.2) is 0 Å². The van der Waals surface area contributed by atoms with Crippen LogP contribution >= 0.6 is 11.6 Å². The van der Waals surface area contributed by atoms with Crippen LogP contribution in [0.2, 0.25) is 23.2 Å². The Balaban J connectivity index is 2.26. The molecule has 148 valence electrons. The lowest BCUT2D eigenvalue weighted by Crippen LogP contribution is -2.39. The highest BCUT2D eigenvalue weighted by atomic mass is 35.5. The fraction of sp³-hybridized carbons (Fsp3) is 0.474. The monoisotopic (exact) mass is 409 g/mol. The van der Waals surface area contributed by atoms with Gasteiger partial charge in [-0.05, 0) is 48.8 Å². The summed E-state index contributed by atoms with van der Waals surface area (Å²) in [5.41, 5.74) is 4.19. The third-order valence-corrected chi connectivity index (χ3v) is 9.10. The van der Waals surface area contributed by atoms with Crippen LogP contribution in [0.15, 0.2) is 35.1 Å². The lowest BCUT2D eigenvalue weighted by molar-refractivity contribution is 0.0760. The zero-order valence-corrected chi connectivity index (χ0v) is 18.6. The number of nitrogens with zero attached hydrogens (tertiary/aromatic N) is 2. The van der Waals surface area contributed by atoms with Crippen molar-refractivity contribution in [3.63, 3.8) is 0 Å². The maximum atomic E-state index is 6.16. The minimum Gasteiger partial charge on any atom is -0.547 e. The van der Waals surface area contributed by atoms with Gasteiger partial charge >= 0.3 is 0 Å². The molecular weight excluding hydrogens is 382 g/mol. The molecule has 1 aromatic heterocycles. The van der Waals surface area contributed by atoms with E-state index in [-0.39, 0.29) is 5.04 Å². The van der Waals surface area contributed by atoms with Gasteiger partial charge in [-0.15, -0.1) is 0 Å². The number of benzene rings is 1. The van der Waals surface area contributed by atoms with E-state index in [1.165, 1.54) is 0 Å². The second-order valence-corrected chi connectivity index (χ2v) is 13.0. The van der Waals surface area contributed by atoms with Crippen molar-refractivity contribution in [3.05, 3.63) is 41.4 Å². The minimum absolute atomic E-state index is 0.0716. The fourth-order valence-electron chi connectivity index (χ4n) is 1.78. The summed E-state index contributed by atoms with van der Waals surface area (Å²) in [7, 11) is -1.99. The van der Waals surface area contributed by atoms with Gasteiger partial charge in [0.2, 0.25) is 14.1 Å². The molecule has 0 saturated carbocycles. The predicted octanol–water partition coefficient (Wildman–Crippen LogP) is 5.64. The Kier molecular flexibility index (Phi) is 7.08. The SMILES string of the molecule is CCCONC(=CO[Si](C)(C)C(C)(C)C)c1nc(-c2ccc(Cl)cc2)no1. The predicted molar refractivity (Wildman–Crippen MR) is 110 cm³/mol. The molecule has 0 aliphatic heterocycles. The Morgan fingerprint density at radius 1 is 1.26 bits per heavy atom. The van der Waals surface area contributed by atoms with Gasteiger partial charge < -0.3 is 8.95 Å². The molecule has 0 spiro atoms. The van der Waals surface area contributed by atoms with Crippen molar-refractivity contribution < 1.29 is 13.8 Å². The van der Waals surface area contributed by atoms with E-state index < -0.39 is 8.32 Å². The van der Waals surface area contributed by atoms with E-state index in [4.69, 9.17) is 25.4 Å². The van der Waals surface area contributed by atoms with Gasteiger partial charge in [0, 0.05) is 10.6 Å². The van der Waals surface area contributed by atoms with Crippen LogP contribution in [-0.2, 0) is 9.26 Å². The zero-order valence-electron chi connectivity index (χ0n) is 16.8. The summed E-state index contributed by atoms with van der Waals surface area (Å²) in [6.07, 6.45) is 2.51. The first-order valence-electron chi connectivity index (χ1n) is 9.00. The summed E-state index contributed by atoms with van der Waals surface area (Å²) >= 11 is 5.93. The first kappa shape index (κ1) is 21.5. The molecule has 2 aromatic rings. The molecule has 0 saturated heterocycles. The van der Waals surface area contributed by atoms with Gasteiger partial charge in [-0.3, -0.25) is 10.3 Å². The second-order valence-electron chi connectivity index (χ2n) is 7.79. The summed E-state index contributed by atoms with van der Waals surface area (Å²) in [5.74, 6) is 0.770. The Hall–Kier alpha value is -1.83. The Bertz CT molecular complexity index is 767. The molecule has 0 bridgehead atoms. The molecular formula is C19H28ClN3O3Si. The Morgan fingerprint density at radius 2 is 1.93 bits per heavy atom. The Labute approximate surface area is 167 Å². The molecule has 0 radical (unpaired) electrons. The lowest BCUT2D eigenvalue weighted by Gasteiger charge is -2.35. The number of rotatable bonds is 8. The van der Waals surface area contributed by atoms with Crippen LogP contribution in [0, 0.1) is 0 Å². The van der Waals surface area contributed by atoms with E-state index in [1.807, 2.05) is 19.1 Å². The molecule has 1 aromatic carbocycles. The molecule has 1 heterocycles. The summed E-state index contributed by atoms with van der Waals surface area (Å²) in [6.45, 7) is 13.5. The topological polar surface area (TPSA) is 69.4 Å². The summed E-state index contributed by atoms with van der Waals surface area (Å²) in [4.78, 5) is 9.91. The van der Waals surface area contributed by atoms with Gasteiger partial charge in [0.05, 0.1) is 12.9 Å². The maximum Gasteiger partial charge on any atom is 0.279 e. The minimum atomic E-state index is -1.99. The van der Waals surface area contributed by atoms with E-state index in [0.29, 0.717) is 29.0 Å². The quantitative estimate of drug-likeness (QED) is 0.263. The van der Waals surface area contributed by atoms with Crippen molar-refractivity contribution in [1.82, 2.24) is 15.6 Å². The van der Waals surface area contributed by atoms with Crippen molar-refractivity contribution in [1.29, 1.82) is 0 Å². The average Bonchev–Trinajstić information content (AvgIpc) is 3.07. The van der Waals surface area contributed by atoms with E-state index in [1.54, 1.807) is 18.4 Å². The number of nitrogens with one attached hydrogen (secondary N) is 1. The van der Waals surface area contributed by atoms with Crippen LogP contribution in [0.3, 0.4) is 0 Å². The zero-order chi connectivity index (χ0) is 20.1. The largest absolute Gasteiger partial charge is 0.547 e. The normalized spacial score (nSPS) is 12.9. The second kappa shape index (κ2) is 8.90. The van der Waals surface area contributed by atoms with Crippen LogP contribution in [0.25, 0.3) is 17.1 Å². The summed E-state index contributed by atoms with van der Waals surface area (Å²) in [5, 5.41) is 4.77. The van der Waals surface area contributed by atoms with Crippen LogP contribution in [0.5, 0.6) is 0 Å². The van der Waals surface area contributed by atoms with E-state index >= 15 is 0 Å². The lowest BCUT2D eigenvalue weighted by atomic mass is 10.2. The summed E-state index contributed by atoms with van der Waals surface area (Å²) < 4.78 is 11.6. The molecule has 8 heteroatoms. The number of aromatic nitrogens is 2. The fourth-order valence-corrected chi connectivity index (χ4v) is 2.67. The van der Waals surface area contributed by atoms with E-state index in [2.05, 4.69) is 49.5 Å². The molecule has 1 N–H and O–H groups in total. The number of hydrogen-bond acceptors (Lipinski definition) is 6. The van der Waals surface area contributed by atoms with Gasteiger partial charge in [0.25, 0.3) is 5.89 Å². The molecule has 27 heavy (non-hydrogen) atoms. The highest BCUT2D eigenvalue weighted by Crippen LogP contribution is 2.37. The van der Waals surface area contributed by atoms with Gasteiger partial charge in [0.1, 0.15) is 0 Å². The van der Waals surface area contributed by atoms with Crippen molar-refractivity contribution in [2.75, 3.05) is 6.61 Å². The van der Waals surface area contributed by atoms with Gasteiger partial charge in [0.15, 0.2) is 5.70 Å². The number of hydrogen-bond donors (Lipinski definition) is 1. The molecule has 0 aliphatic rings. The first-order chi connectivity index (χ1) is 12.6. The number of halogens is 1. The third-order valence-electron chi connectivity index (χ3n) is 4.52. The molecule has 2 rings (SSSR count). The van der Waals surface area contributed by atoms with Crippen LogP contribution in [-0.4, -0.2) is 25.1 Å². The van der Waals surface area contributed by atoms with Crippen molar-refractivity contribution in [2.24, 2.45) is 0 Å². The Morgan fingerprint density at radius 3 is 2.52 bits per heavy atom. The third kappa shape index (κ3) is 5.82. The van der Waals surface area contributed by atoms with Crippen molar-refractivity contribution in [3.8, 4) is 11.4 Å². The van der Waals surface area contributed by atoms with Gasteiger partial charge in [-0.1, -0.05) is 44.5 Å². The molecule has 0 fully saturated rings. The molecule has 0 unspecified atom stereocenters. The smallest absolute Gasteiger partial charge is 0.279 e. The van der Waals surface area contributed by atoms with Crippen LogP contribution < -0.4 is 5.48 Å². The first-order valence-corrected chi connectivity index (χ1v) is 12.3. The molecule has 0 aliphatic carbocycles. The van der Waals surface area contributed by atoms with Crippen molar-refractivity contribution in [2.45, 2.75) is 52.2 Å². The highest BCUT2D eigenvalue weighted by molar-refractivity contribution is 6.74. The van der Waals surface area contributed by atoms with Crippen molar-refractivity contribution >= 4 is 25.6 Å². The maximum absolute atomic E-state index is 6.16. The summed E-state index contributed by atoms with van der Waals surface area (Å²) in [6, 6.07) is 7.25. The highest BCUT2D eigenvalue weighted by Gasteiger charge is 2.38. The van der Waals surface area contributed by atoms with Gasteiger partial charge in [-0.2, -0.15) is 4.98 Å². The number of hydroxylamine groups is 1. The average molecular weight is 410 g/mol. The molecule has 6 nitrogen and oxygen atoms in total. The van der Waals surface area contributed by atoms with Crippen LogP contribution in [0.1, 0.15) is 40.0 Å². The van der Waals surface area contributed by atoms with E-state index in [9.17, 15) is 0 Å².